The molecule has 4 aromatic rings. The number of hydrogen-bond acceptors (Lipinski definition) is 9. The fourth-order valence-corrected chi connectivity index (χ4v) is 5.01. The van der Waals surface area contributed by atoms with Crippen molar-refractivity contribution in [2.45, 2.75) is 30.4 Å². The average Bonchev–Trinajstić information content (AvgIpc) is 3.20. The molecule has 4 rings (SSSR count). The van der Waals surface area contributed by atoms with Crippen LogP contribution in [-0.4, -0.2) is 34.0 Å². The number of benzene rings is 2. The third-order valence-corrected chi connectivity index (χ3v) is 8.14. The van der Waals surface area contributed by atoms with Gasteiger partial charge in [0.05, 0.1) is 32.3 Å². The molecule has 2 heterocycles. The first-order chi connectivity index (χ1) is 15.6. The molecule has 0 aliphatic rings. The number of carbonyl (C=O) groups is 1. The number of sulfone groups is 1. The van der Waals surface area contributed by atoms with Gasteiger partial charge in [0.1, 0.15) is 22.8 Å². The minimum absolute atomic E-state index is 0.0310. The van der Waals surface area contributed by atoms with Gasteiger partial charge in [-0.15, -0.1) is 11.3 Å². The predicted octanol–water partition coefficient (Wildman–Crippen LogP) is 3.93. The molecule has 33 heavy (non-hydrogen) atoms. The number of ether oxygens (including phenoxy) is 1. The first-order valence-electron chi connectivity index (χ1n) is 9.82. The van der Waals surface area contributed by atoms with Crippen molar-refractivity contribution in [3.8, 4) is 5.75 Å². The van der Waals surface area contributed by atoms with Gasteiger partial charge in [-0.2, -0.15) is 0 Å². The lowest BCUT2D eigenvalue weighted by molar-refractivity contribution is -0.113. The van der Waals surface area contributed by atoms with Gasteiger partial charge in [0.25, 0.3) is 0 Å². The fourth-order valence-electron chi connectivity index (χ4n) is 3.04. The molecule has 0 saturated heterocycles. The van der Waals surface area contributed by atoms with Crippen molar-refractivity contribution in [3.63, 3.8) is 0 Å². The van der Waals surface area contributed by atoms with E-state index in [-0.39, 0.29) is 10.6 Å². The van der Waals surface area contributed by atoms with Crippen LogP contribution < -0.4 is 15.8 Å². The van der Waals surface area contributed by atoms with E-state index in [0.29, 0.717) is 16.7 Å². The quantitative estimate of drug-likeness (QED) is 0.311. The van der Waals surface area contributed by atoms with Gasteiger partial charge in [0.2, 0.25) is 5.91 Å². The molecule has 170 valence electrons. The number of nitrogens with two attached hydrogens (primary N) is 1. The molecule has 0 aliphatic heterocycles. The maximum Gasteiger partial charge on any atom is 0.244 e. The van der Waals surface area contributed by atoms with Crippen molar-refractivity contribution < 1.29 is 17.9 Å². The van der Waals surface area contributed by atoms with E-state index in [1.54, 1.807) is 37.6 Å². The largest absolute Gasteiger partial charge is 0.463 e. The zero-order valence-electron chi connectivity index (χ0n) is 18.1. The third kappa shape index (κ3) is 4.50. The summed E-state index contributed by atoms with van der Waals surface area (Å²) in [6.07, 6.45) is 3.42. The highest BCUT2D eigenvalue weighted by Gasteiger charge is 2.34. The number of fused-ring (bicyclic) bond motifs is 2. The number of anilines is 2. The van der Waals surface area contributed by atoms with Gasteiger partial charge in [-0.05, 0) is 45.0 Å². The monoisotopic (exact) mass is 483 g/mol. The van der Waals surface area contributed by atoms with Gasteiger partial charge in [-0.1, -0.05) is 0 Å². The number of primary amides is 1. The van der Waals surface area contributed by atoms with Crippen LogP contribution in [0.4, 0.5) is 11.5 Å². The highest BCUT2D eigenvalue weighted by molar-refractivity contribution is 7.92. The zero-order valence-corrected chi connectivity index (χ0v) is 19.7. The van der Waals surface area contributed by atoms with E-state index in [1.807, 2.05) is 18.2 Å². The molecular formula is C22H21N5O4S2. The Morgan fingerprint density at radius 3 is 2.64 bits per heavy atom. The first kappa shape index (κ1) is 22.6. The molecule has 1 amide bonds. The normalized spacial score (nSPS) is 12.5. The van der Waals surface area contributed by atoms with Gasteiger partial charge >= 0.3 is 0 Å². The second-order valence-electron chi connectivity index (χ2n) is 8.14. The molecule has 0 fully saturated rings. The van der Waals surface area contributed by atoms with E-state index < -0.39 is 20.5 Å². The number of thiazole rings is 1. The van der Waals surface area contributed by atoms with Gasteiger partial charge in [-0.3, -0.25) is 4.79 Å². The Balaban J connectivity index is 1.86. The topological polar surface area (TPSA) is 137 Å². The van der Waals surface area contributed by atoms with E-state index in [9.17, 15) is 13.2 Å². The fraction of sp³-hybridized carbons (Fsp3) is 0.182. The smallest absolute Gasteiger partial charge is 0.244 e. The summed E-state index contributed by atoms with van der Waals surface area (Å²) in [6.45, 7) is 4.79. The highest BCUT2D eigenvalue weighted by atomic mass is 32.2. The first-order valence-corrected chi connectivity index (χ1v) is 12.2. The third-order valence-electron chi connectivity index (χ3n) is 4.82. The number of nitrogens with one attached hydrogen (secondary N) is 1. The Morgan fingerprint density at radius 2 is 1.91 bits per heavy atom. The van der Waals surface area contributed by atoms with Crippen LogP contribution >= 0.6 is 11.3 Å². The van der Waals surface area contributed by atoms with Gasteiger partial charge in [0.15, 0.2) is 9.84 Å². The van der Waals surface area contributed by atoms with Crippen LogP contribution in [0.1, 0.15) is 20.8 Å². The average molecular weight is 484 g/mol. The number of rotatable bonds is 6. The Morgan fingerprint density at radius 1 is 1.12 bits per heavy atom. The molecule has 0 unspecified atom stereocenters. The Hall–Kier alpha value is -3.57. The summed E-state index contributed by atoms with van der Waals surface area (Å²) in [5.74, 6) is -0.260. The molecule has 9 nitrogen and oxygen atoms in total. The van der Waals surface area contributed by atoms with E-state index in [0.717, 1.165) is 28.2 Å². The van der Waals surface area contributed by atoms with E-state index in [4.69, 9.17) is 10.5 Å². The molecule has 3 N–H and O–H groups in total. The molecule has 0 saturated carbocycles. The maximum absolute atomic E-state index is 13.3. The molecule has 0 bridgehead atoms. The maximum atomic E-state index is 13.3. The lowest BCUT2D eigenvalue weighted by Crippen LogP contribution is -2.28. The Bertz CT molecular complexity index is 1500. The Kier molecular flexibility index (Phi) is 5.76. The minimum atomic E-state index is -3.83. The van der Waals surface area contributed by atoms with Crippen molar-refractivity contribution in [3.05, 3.63) is 54.5 Å². The molecule has 11 heteroatoms. The number of hydrogen-bond donors (Lipinski definition) is 2. The van der Waals surface area contributed by atoms with Crippen LogP contribution in [0.2, 0.25) is 0 Å². The summed E-state index contributed by atoms with van der Waals surface area (Å²) in [6, 6.07) is 8.71. The van der Waals surface area contributed by atoms with Gasteiger partial charge in [-0.25, -0.2) is 23.4 Å². The summed E-state index contributed by atoms with van der Waals surface area (Å²) in [7, 11) is -3.83. The molecule has 0 aliphatic carbocycles. The Labute approximate surface area is 194 Å². The van der Waals surface area contributed by atoms with Crippen molar-refractivity contribution >= 4 is 59.7 Å². The summed E-state index contributed by atoms with van der Waals surface area (Å²) < 4.78 is 32.1. The predicted molar refractivity (Wildman–Crippen MR) is 128 cm³/mol. The van der Waals surface area contributed by atoms with Crippen molar-refractivity contribution in [2.75, 3.05) is 5.32 Å². The second-order valence-corrected chi connectivity index (χ2v) is 11.7. The van der Waals surface area contributed by atoms with Crippen LogP contribution in [0.15, 0.2) is 59.4 Å². The lowest BCUT2D eigenvalue weighted by Gasteiger charge is -2.21. The van der Waals surface area contributed by atoms with Gasteiger partial charge in [0, 0.05) is 23.2 Å². The van der Waals surface area contributed by atoms with E-state index in [2.05, 4.69) is 20.3 Å². The zero-order chi connectivity index (χ0) is 23.8. The summed E-state index contributed by atoms with van der Waals surface area (Å²) in [5, 5.41) is 3.72. The van der Waals surface area contributed by atoms with Crippen LogP contribution in [0.5, 0.6) is 5.75 Å². The number of carbonyl (C=O) groups excluding carboxylic acids is 1. The second kappa shape index (κ2) is 8.41. The van der Waals surface area contributed by atoms with Crippen molar-refractivity contribution in [2.24, 2.45) is 5.73 Å². The molecule has 0 radical (unpaired) electrons. The van der Waals surface area contributed by atoms with Crippen LogP contribution in [0, 0.1) is 0 Å². The molecule has 0 atom stereocenters. The summed E-state index contributed by atoms with van der Waals surface area (Å²) >= 11 is 1.54. The van der Waals surface area contributed by atoms with E-state index in [1.165, 1.54) is 18.5 Å². The number of aromatic nitrogens is 3. The molecule has 2 aromatic carbocycles. The van der Waals surface area contributed by atoms with E-state index >= 15 is 0 Å². The van der Waals surface area contributed by atoms with Gasteiger partial charge < -0.3 is 15.8 Å². The standard InChI is InChI=1S/C22H21N5O4S2/c1-22(2,3)33(29,30)19-9-14-15(10-17(19)31-7-6-20(23)28)24-11-25-21(14)27-13-4-5-18-16(8-13)26-12-32-18/h4-12H,1-3H3,(H2,23,28)(H,24,25,27)/b7-6+. The van der Waals surface area contributed by atoms with Crippen LogP contribution in [0.25, 0.3) is 21.1 Å². The summed E-state index contributed by atoms with van der Waals surface area (Å²) in [4.78, 5) is 23.9. The minimum Gasteiger partial charge on any atom is -0.463 e. The molecular weight excluding hydrogens is 462 g/mol. The highest BCUT2D eigenvalue weighted by Crippen LogP contribution is 2.37. The van der Waals surface area contributed by atoms with Crippen molar-refractivity contribution in [1.29, 1.82) is 0 Å². The summed E-state index contributed by atoms with van der Waals surface area (Å²) in [5.41, 5.74) is 8.92. The molecule has 0 spiro atoms. The van der Waals surface area contributed by atoms with Crippen LogP contribution in [0.3, 0.4) is 0 Å². The number of nitrogens with zero attached hydrogens (tertiary/aromatic N) is 3. The van der Waals surface area contributed by atoms with Crippen LogP contribution in [-0.2, 0) is 14.6 Å². The number of amides is 1. The lowest BCUT2D eigenvalue weighted by atomic mass is 10.2. The SMILES string of the molecule is CC(C)(C)S(=O)(=O)c1cc2c(Nc3ccc4scnc4c3)ncnc2cc1O/C=C/C(N)=O. The molecule has 2 aromatic heterocycles. The van der Waals surface area contributed by atoms with Crippen molar-refractivity contribution in [1.82, 2.24) is 15.0 Å².